The van der Waals surface area contributed by atoms with E-state index in [2.05, 4.69) is 36.2 Å². The molecule has 1 aliphatic heterocycles. The van der Waals surface area contributed by atoms with Crippen LogP contribution >= 0.6 is 23.1 Å². The fourth-order valence-corrected chi connectivity index (χ4v) is 5.26. The normalized spacial score (nSPS) is 18.7. The summed E-state index contributed by atoms with van der Waals surface area (Å²) in [5.74, 6) is 1.14. The number of amides is 1. The van der Waals surface area contributed by atoms with Gasteiger partial charge in [-0.15, -0.1) is 11.3 Å². The Hall–Kier alpha value is -1.33. The van der Waals surface area contributed by atoms with Crippen LogP contribution in [0.1, 0.15) is 43.2 Å². The highest BCUT2D eigenvalue weighted by molar-refractivity contribution is 7.99. The van der Waals surface area contributed by atoms with Crippen LogP contribution in [0, 0.1) is 20.8 Å². The highest BCUT2D eigenvalue weighted by Crippen LogP contribution is 2.36. The van der Waals surface area contributed by atoms with Crippen LogP contribution in [0.3, 0.4) is 0 Å². The molecule has 2 aromatic rings. The van der Waals surface area contributed by atoms with Crippen LogP contribution in [0.15, 0.2) is 24.3 Å². The van der Waals surface area contributed by atoms with Crippen LogP contribution in [0.2, 0.25) is 0 Å². The van der Waals surface area contributed by atoms with Crippen molar-refractivity contribution >= 4 is 29.0 Å². The van der Waals surface area contributed by atoms with Crippen LogP contribution in [-0.2, 0) is 0 Å². The van der Waals surface area contributed by atoms with E-state index in [9.17, 15) is 4.79 Å². The number of carbonyl (C=O) groups excluding carboxylic acids is 1. The summed E-state index contributed by atoms with van der Waals surface area (Å²) in [6, 6.07) is 8.60. The topological polar surface area (TPSA) is 33.2 Å². The van der Waals surface area contributed by atoms with E-state index < -0.39 is 0 Å². The van der Waals surface area contributed by atoms with Gasteiger partial charge >= 0.3 is 0 Å². The fourth-order valence-electron chi connectivity index (χ4n) is 3.04. The quantitative estimate of drug-likeness (QED) is 0.808. The number of benzene rings is 1. The third-order valence-electron chi connectivity index (χ3n) is 4.26. The Kier molecular flexibility index (Phi) is 5.07. The molecule has 122 valence electrons. The second-order valence-corrected chi connectivity index (χ2v) is 8.46. The molecule has 3 nitrogen and oxygen atoms in total. The molecule has 0 aliphatic carbocycles. The molecule has 2 heterocycles. The largest absolute Gasteiger partial charge is 0.337 e. The summed E-state index contributed by atoms with van der Waals surface area (Å²) in [6.07, 6.45) is 1.01. The average molecular weight is 347 g/mol. The highest BCUT2D eigenvalue weighted by Gasteiger charge is 2.25. The van der Waals surface area contributed by atoms with Gasteiger partial charge < -0.3 is 4.90 Å². The number of thioether (sulfide) groups is 1. The molecule has 1 aliphatic rings. The number of aryl methyl sites for hydroxylation is 3. The second kappa shape index (κ2) is 7.05. The summed E-state index contributed by atoms with van der Waals surface area (Å²) in [5.41, 5.74) is 3.63. The number of hydrogen-bond donors (Lipinski definition) is 0. The number of aromatic nitrogens is 1. The molecule has 23 heavy (non-hydrogen) atoms. The van der Waals surface area contributed by atoms with Crippen LogP contribution in [-0.4, -0.2) is 34.6 Å². The van der Waals surface area contributed by atoms with Crippen molar-refractivity contribution in [3.05, 3.63) is 51.0 Å². The summed E-state index contributed by atoms with van der Waals surface area (Å²) in [7, 11) is 0. The molecule has 5 heteroatoms. The lowest BCUT2D eigenvalue weighted by atomic mass is 10.0. The van der Waals surface area contributed by atoms with Gasteiger partial charge in [-0.2, -0.15) is 11.8 Å². The first-order valence-corrected chi connectivity index (χ1v) is 9.83. The molecular weight excluding hydrogens is 324 g/mol. The average Bonchev–Trinajstić information content (AvgIpc) is 2.74. The van der Waals surface area contributed by atoms with Crippen molar-refractivity contribution in [1.82, 2.24) is 9.88 Å². The van der Waals surface area contributed by atoms with Crippen molar-refractivity contribution < 1.29 is 4.79 Å². The molecule has 1 aromatic heterocycles. The molecule has 0 spiro atoms. The lowest BCUT2D eigenvalue weighted by Crippen LogP contribution is -2.32. The fraction of sp³-hybridized carbons (Fsp3) is 0.444. The summed E-state index contributed by atoms with van der Waals surface area (Å²) in [6.45, 7) is 7.71. The van der Waals surface area contributed by atoms with E-state index in [0.717, 1.165) is 40.8 Å². The Morgan fingerprint density at radius 2 is 2.00 bits per heavy atom. The number of rotatable bonds is 2. The number of carbonyl (C=O) groups is 1. The molecule has 0 saturated carbocycles. The first-order valence-electron chi connectivity index (χ1n) is 7.96. The van der Waals surface area contributed by atoms with E-state index in [1.807, 2.05) is 30.5 Å². The van der Waals surface area contributed by atoms with Gasteiger partial charge in [0.15, 0.2) is 0 Å². The zero-order valence-electron chi connectivity index (χ0n) is 13.8. The Morgan fingerprint density at radius 3 is 2.70 bits per heavy atom. The maximum Gasteiger partial charge on any atom is 0.265 e. The number of thiazole rings is 1. The Bertz CT molecular complexity index is 711. The molecule has 1 atom stereocenters. The third kappa shape index (κ3) is 3.61. The zero-order chi connectivity index (χ0) is 16.4. The standard InChI is InChI=1S/C18H22N2OS2/c1-12-6-4-5-7-15(12)16-8-9-20(10-11-22-16)18(21)17-13(2)19-14(3)23-17/h4-7,16H,8-11H2,1-3H3. The van der Waals surface area contributed by atoms with Gasteiger partial charge in [-0.25, -0.2) is 4.98 Å². The van der Waals surface area contributed by atoms with Crippen molar-refractivity contribution in [2.45, 2.75) is 32.4 Å². The smallest absolute Gasteiger partial charge is 0.265 e. The summed E-state index contributed by atoms with van der Waals surface area (Å²) < 4.78 is 0. The zero-order valence-corrected chi connectivity index (χ0v) is 15.5. The van der Waals surface area contributed by atoms with E-state index in [1.54, 1.807) is 0 Å². The van der Waals surface area contributed by atoms with Crippen LogP contribution in [0.5, 0.6) is 0 Å². The predicted octanol–water partition coefficient (Wildman–Crippen LogP) is 4.39. The van der Waals surface area contributed by atoms with Crippen LogP contribution in [0.25, 0.3) is 0 Å². The molecule has 0 N–H and O–H groups in total. The Labute approximate surface area is 146 Å². The maximum absolute atomic E-state index is 12.8. The van der Waals surface area contributed by atoms with Gasteiger partial charge in [-0.05, 0) is 38.3 Å². The lowest BCUT2D eigenvalue weighted by Gasteiger charge is -2.20. The predicted molar refractivity (Wildman–Crippen MR) is 98.5 cm³/mol. The molecular formula is C18H22N2OS2. The van der Waals surface area contributed by atoms with Gasteiger partial charge in [-0.1, -0.05) is 24.3 Å². The monoisotopic (exact) mass is 346 g/mol. The van der Waals surface area contributed by atoms with Crippen molar-refractivity contribution in [1.29, 1.82) is 0 Å². The SMILES string of the molecule is Cc1nc(C)c(C(=O)N2CCSC(c3ccccc3C)CC2)s1. The highest BCUT2D eigenvalue weighted by atomic mass is 32.2. The van der Waals surface area contributed by atoms with Gasteiger partial charge in [0.05, 0.1) is 10.7 Å². The summed E-state index contributed by atoms with van der Waals surface area (Å²) in [4.78, 5) is 20.0. The molecule has 1 unspecified atom stereocenters. The van der Waals surface area contributed by atoms with Crippen LogP contribution in [0.4, 0.5) is 0 Å². The Balaban J connectivity index is 1.73. The summed E-state index contributed by atoms with van der Waals surface area (Å²) in [5, 5.41) is 1.45. The minimum atomic E-state index is 0.152. The van der Waals surface area contributed by atoms with Gasteiger partial charge in [0.25, 0.3) is 5.91 Å². The van der Waals surface area contributed by atoms with Gasteiger partial charge in [0.2, 0.25) is 0 Å². The first kappa shape index (κ1) is 16.5. The van der Waals surface area contributed by atoms with Crippen molar-refractivity contribution in [2.24, 2.45) is 0 Å². The minimum Gasteiger partial charge on any atom is -0.337 e. The molecule has 3 rings (SSSR count). The minimum absolute atomic E-state index is 0.152. The molecule has 0 radical (unpaired) electrons. The van der Waals surface area contributed by atoms with E-state index in [4.69, 9.17) is 0 Å². The molecule has 1 aromatic carbocycles. The van der Waals surface area contributed by atoms with Gasteiger partial charge in [0, 0.05) is 24.1 Å². The maximum atomic E-state index is 12.8. The third-order valence-corrected chi connectivity index (χ3v) is 6.63. The molecule has 0 bridgehead atoms. The van der Waals surface area contributed by atoms with E-state index in [0.29, 0.717) is 5.25 Å². The number of nitrogens with zero attached hydrogens (tertiary/aromatic N) is 2. The first-order chi connectivity index (χ1) is 11.1. The van der Waals surface area contributed by atoms with Gasteiger partial charge in [-0.3, -0.25) is 4.79 Å². The van der Waals surface area contributed by atoms with E-state index in [1.165, 1.54) is 22.5 Å². The summed E-state index contributed by atoms with van der Waals surface area (Å²) >= 11 is 3.48. The Morgan fingerprint density at radius 1 is 1.22 bits per heavy atom. The van der Waals surface area contributed by atoms with E-state index in [-0.39, 0.29) is 5.91 Å². The second-order valence-electron chi connectivity index (χ2n) is 5.94. The lowest BCUT2D eigenvalue weighted by molar-refractivity contribution is 0.0770. The van der Waals surface area contributed by atoms with Crippen molar-refractivity contribution in [2.75, 3.05) is 18.8 Å². The molecule has 1 amide bonds. The van der Waals surface area contributed by atoms with Gasteiger partial charge in [0.1, 0.15) is 4.88 Å². The molecule has 1 saturated heterocycles. The van der Waals surface area contributed by atoms with E-state index >= 15 is 0 Å². The molecule has 1 fully saturated rings. The van der Waals surface area contributed by atoms with Crippen molar-refractivity contribution in [3.8, 4) is 0 Å². The number of hydrogen-bond acceptors (Lipinski definition) is 4. The van der Waals surface area contributed by atoms with Crippen LogP contribution < -0.4 is 0 Å². The van der Waals surface area contributed by atoms with Crippen molar-refractivity contribution in [3.63, 3.8) is 0 Å².